The van der Waals surface area contributed by atoms with Crippen LogP contribution in [0.2, 0.25) is 0 Å². The maximum atomic E-state index is 12.9. The van der Waals surface area contributed by atoms with E-state index in [0.717, 1.165) is 50.8 Å². The van der Waals surface area contributed by atoms with Gasteiger partial charge in [-0.25, -0.2) is 9.59 Å². The molecule has 1 aliphatic rings. The third kappa shape index (κ3) is 9.67. The number of Topliss-reactive ketones (excluding diaryl/α,β-unsaturated/α-hetero) is 1. The summed E-state index contributed by atoms with van der Waals surface area (Å²) in [6.07, 6.45) is 4.14. The summed E-state index contributed by atoms with van der Waals surface area (Å²) < 4.78 is 21.4. The third-order valence-electron chi connectivity index (χ3n) is 5.85. The van der Waals surface area contributed by atoms with Gasteiger partial charge in [0.2, 0.25) is 0 Å². The first kappa shape index (κ1) is 30.1. The fraction of sp³-hybridized carbons (Fsp3) is 0.500. The van der Waals surface area contributed by atoms with Crippen LogP contribution in [0.3, 0.4) is 0 Å². The molecule has 1 aliphatic heterocycles. The molecule has 2 aromatic rings. The Morgan fingerprint density at radius 2 is 1.59 bits per heavy atom. The van der Waals surface area contributed by atoms with Crippen molar-refractivity contribution >= 4 is 35.0 Å². The molecule has 10 nitrogen and oxygen atoms in total. The molecule has 0 spiro atoms. The van der Waals surface area contributed by atoms with Crippen LogP contribution in [0, 0.1) is 0 Å². The number of carbonyl (C=O) groups is 4. The average Bonchev–Trinajstić information content (AvgIpc) is 3.38. The van der Waals surface area contributed by atoms with E-state index in [1.807, 2.05) is 19.9 Å². The highest BCUT2D eigenvalue weighted by Crippen LogP contribution is 2.29. The van der Waals surface area contributed by atoms with Gasteiger partial charge in [-0.1, -0.05) is 26.7 Å². The number of hydrogen-bond donors (Lipinski definition) is 2. The number of fused-ring (bicyclic) bond motifs is 1. The van der Waals surface area contributed by atoms with Crippen molar-refractivity contribution in [1.82, 2.24) is 10.6 Å². The molecule has 0 aliphatic carbocycles. The quantitative estimate of drug-likeness (QED) is 0.180. The zero-order valence-corrected chi connectivity index (χ0v) is 23.3. The zero-order valence-electron chi connectivity index (χ0n) is 22.5. The van der Waals surface area contributed by atoms with E-state index in [-0.39, 0.29) is 48.5 Å². The lowest BCUT2D eigenvalue weighted by Gasteiger charge is -2.14. The van der Waals surface area contributed by atoms with E-state index >= 15 is 0 Å². The molecule has 1 aromatic carbocycles. The first-order valence-electron chi connectivity index (χ1n) is 13.3. The summed E-state index contributed by atoms with van der Waals surface area (Å²) in [4.78, 5) is 51.3. The highest BCUT2D eigenvalue weighted by molar-refractivity contribution is 7.14. The van der Waals surface area contributed by atoms with E-state index in [1.54, 1.807) is 0 Å². The number of benzene rings is 1. The Hall–Kier alpha value is -3.44. The minimum atomic E-state index is -0.564. The molecule has 0 atom stereocenters. The summed E-state index contributed by atoms with van der Waals surface area (Å²) in [7, 11) is 0. The molecule has 1 amide bonds. The molecule has 0 saturated carbocycles. The molecule has 1 aromatic heterocycles. The second-order valence-electron chi connectivity index (χ2n) is 8.98. The maximum absolute atomic E-state index is 12.9. The van der Waals surface area contributed by atoms with Crippen LogP contribution in [0.1, 0.15) is 70.0 Å². The van der Waals surface area contributed by atoms with Crippen LogP contribution in [-0.4, -0.2) is 63.1 Å². The van der Waals surface area contributed by atoms with Crippen molar-refractivity contribution in [2.45, 2.75) is 52.5 Å². The molecule has 0 radical (unpaired) electrons. The Morgan fingerprint density at radius 1 is 0.923 bits per heavy atom. The summed E-state index contributed by atoms with van der Waals surface area (Å²) in [5.74, 6) is -1.50. The molecule has 0 unspecified atom stereocenters. The van der Waals surface area contributed by atoms with Gasteiger partial charge in [0.15, 0.2) is 30.5 Å². The fourth-order valence-corrected chi connectivity index (χ4v) is 4.74. The number of carbonyl (C=O) groups excluding carboxylic acids is 4. The molecular formula is C28H36N2O8S. The number of ether oxygens (including phenoxy) is 4. The van der Waals surface area contributed by atoms with E-state index in [1.165, 1.54) is 34.4 Å². The lowest BCUT2D eigenvalue weighted by molar-refractivity contribution is -0.147. The molecule has 0 bridgehead atoms. The van der Waals surface area contributed by atoms with Gasteiger partial charge < -0.3 is 29.6 Å². The van der Waals surface area contributed by atoms with Gasteiger partial charge in [-0.3, -0.25) is 9.59 Å². The number of hydrogen-bond acceptors (Lipinski definition) is 10. The SMILES string of the molecule is CCCCOC(=O)COc1ccc(C(=O)CNC(=O)c2cc3c(s2)CCNC3)cc1OCC(=O)OCCCC. The molecule has 39 heavy (non-hydrogen) atoms. The highest BCUT2D eigenvalue weighted by Gasteiger charge is 2.19. The van der Waals surface area contributed by atoms with Crippen molar-refractivity contribution in [3.8, 4) is 11.5 Å². The monoisotopic (exact) mass is 560 g/mol. The van der Waals surface area contributed by atoms with Gasteiger partial charge in [0.1, 0.15) is 0 Å². The number of amides is 1. The summed E-state index contributed by atoms with van der Waals surface area (Å²) in [5, 5.41) is 5.95. The lowest BCUT2D eigenvalue weighted by atomic mass is 10.1. The van der Waals surface area contributed by atoms with E-state index in [2.05, 4.69) is 10.6 Å². The van der Waals surface area contributed by atoms with Crippen LogP contribution in [0.15, 0.2) is 24.3 Å². The Balaban J connectivity index is 1.63. The standard InChI is InChI=1S/C28H36N2O8S/c1-3-5-11-35-26(32)17-37-22-8-7-19(13-23(22)38-18-27(33)36-12-6-4-2)21(31)16-30-28(34)25-14-20-15-29-10-9-24(20)39-25/h7-8,13-14,29H,3-6,9-12,15-18H2,1-2H3,(H,30,34). The topological polar surface area (TPSA) is 129 Å². The van der Waals surface area contributed by atoms with Gasteiger partial charge in [-0.2, -0.15) is 0 Å². The van der Waals surface area contributed by atoms with Gasteiger partial charge in [-0.05, 0) is 49.1 Å². The van der Waals surface area contributed by atoms with E-state index in [9.17, 15) is 19.2 Å². The molecule has 0 saturated heterocycles. The number of rotatable bonds is 16. The van der Waals surface area contributed by atoms with Gasteiger partial charge in [-0.15, -0.1) is 11.3 Å². The molecule has 3 rings (SSSR count). The van der Waals surface area contributed by atoms with Crippen molar-refractivity contribution < 1.29 is 38.1 Å². The largest absolute Gasteiger partial charge is 0.478 e. The predicted octanol–water partition coefficient (Wildman–Crippen LogP) is 3.45. The number of thiophene rings is 1. The van der Waals surface area contributed by atoms with Crippen molar-refractivity contribution in [1.29, 1.82) is 0 Å². The van der Waals surface area contributed by atoms with Crippen LogP contribution in [0.5, 0.6) is 11.5 Å². The summed E-state index contributed by atoms with van der Waals surface area (Å²) in [6.45, 7) is 5.20. The fourth-order valence-electron chi connectivity index (χ4n) is 3.65. The molecule has 11 heteroatoms. The summed E-state index contributed by atoms with van der Waals surface area (Å²) in [6, 6.07) is 6.26. The Morgan fingerprint density at radius 3 is 2.23 bits per heavy atom. The summed E-state index contributed by atoms with van der Waals surface area (Å²) >= 11 is 1.44. The van der Waals surface area contributed by atoms with Gasteiger partial charge in [0.05, 0.1) is 24.6 Å². The van der Waals surface area contributed by atoms with Gasteiger partial charge in [0, 0.05) is 23.5 Å². The molecule has 2 N–H and O–H groups in total. The van der Waals surface area contributed by atoms with Crippen LogP contribution in [0.4, 0.5) is 0 Å². The van der Waals surface area contributed by atoms with Crippen LogP contribution < -0.4 is 20.1 Å². The zero-order chi connectivity index (χ0) is 28.0. The second kappa shape index (κ2) is 15.8. The van der Waals surface area contributed by atoms with Crippen molar-refractivity contribution in [2.24, 2.45) is 0 Å². The van der Waals surface area contributed by atoms with Crippen LogP contribution in [-0.2, 0) is 32.0 Å². The maximum Gasteiger partial charge on any atom is 0.344 e. The molecular weight excluding hydrogens is 524 g/mol. The minimum absolute atomic E-state index is 0.0967. The Bertz CT molecular complexity index is 1120. The van der Waals surface area contributed by atoms with Crippen molar-refractivity contribution in [3.05, 3.63) is 45.1 Å². The first-order chi connectivity index (χ1) is 18.9. The number of unbranched alkanes of at least 4 members (excludes halogenated alkanes) is 2. The van der Waals surface area contributed by atoms with E-state index < -0.39 is 18.5 Å². The number of esters is 2. The molecule has 212 valence electrons. The number of nitrogens with one attached hydrogen (secondary N) is 2. The van der Waals surface area contributed by atoms with Gasteiger partial charge in [0.25, 0.3) is 5.91 Å². The molecule has 2 heterocycles. The highest BCUT2D eigenvalue weighted by atomic mass is 32.1. The Labute approximate surface area is 232 Å². The Kier molecular flexibility index (Phi) is 12.2. The first-order valence-corrected chi connectivity index (χ1v) is 14.1. The van der Waals surface area contributed by atoms with E-state index in [0.29, 0.717) is 11.5 Å². The van der Waals surface area contributed by atoms with Crippen LogP contribution in [0.25, 0.3) is 0 Å². The smallest absolute Gasteiger partial charge is 0.344 e. The summed E-state index contributed by atoms with van der Waals surface area (Å²) in [5.41, 5.74) is 1.36. The lowest BCUT2D eigenvalue weighted by Crippen LogP contribution is -2.29. The average molecular weight is 561 g/mol. The normalized spacial score (nSPS) is 12.3. The van der Waals surface area contributed by atoms with Crippen LogP contribution >= 0.6 is 11.3 Å². The second-order valence-corrected chi connectivity index (χ2v) is 10.1. The molecule has 0 fully saturated rings. The predicted molar refractivity (Wildman–Crippen MR) is 146 cm³/mol. The third-order valence-corrected chi connectivity index (χ3v) is 7.09. The van der Waals surface area contributed by atoms with Crippen molar-refractivity contribution in [2.75, 3.05) is 39.5 Å². The number of ketones is 1. The van der Waals surface area contributed by atoms with Gasteiger partial charge >= 0.3 is 11.9 Å². The van der Waals surface area contributed by atoms with Crippen molar-refractivity contribution in [3.63, 3.8) is 0 Å². The van der Waals surface area contributed by atoms with E-state index in [4.69, 9.17) is 18.9 Å². The minimum Gasteiger partial charge on any atom is -0.478 e.